The minimum Gasteiger partial charge on any atom is -0.481 e. The monoisotopic (exact) mass is 175 g/mol. The van der Waals surface area contributed by atoms with Crippen LogP contribution in [-0.2, 0) is 11.2 Å². The van der Waals surface area contributed by atoms with E-state index in [0.717, 1.165) is 18.4 Å². The van der Waals surface area contributed by atoms with Crippen molar-refractivity contribution in [1.29, 1.82) is 0 Å². The van der Waals surface area contributed by atoms with E-state index in [1.807, 2.05) is 30.7 Å². The summed E-state index contributed by atoms with van der Waals surface area (Å²) in [4.78, 5) is 10.9. The van der Waals surface area contributed by atoms with Crippen LogP contribution >= 0.6 is 0 Å². The third kappa shape index (κ3) is 1.44. The molecule has 0 amide bonds. The van der Waals surface area contributed by atoms with Gasteiger partial charge in [0.15, 0.2) is 0 Å². The number of fused-ring (bicyclic) bond motifs is 1. The lowest BCUT2D eigenvalue weighted by molar-refractivity contribution is -0.138. The molecule has 1 aliphatic carbocycles. The van der Waals surface area contributed by atoms with Crippen molar-refractivity contribution in [1.82, 2.24) is 0 Å². The van der Waals surface area contributed by atoms with Gasteiger partial charge in [-0.15, -0.1) is 0 Å². The van der Waals surface area contributed by atoms with E-state index in [2.05, 4.69) is 0 Å². The number of carboxylic acids is 1. The molecule has 2 heteroatoms. The second-order valence-corrected chi connectivity index (χ2v) is 3.29. The minimum absolute atomic E-state index is 0.398. The predicted octanol–water partition coefficient (Wildman–Crippen LogP) is 2.01. The maximum absolute atomic E-state index is 10.9. The zero-order chi connectivity index (χ0) is 9.26. The van der Waals surface area contributed by atoms with Gasteiger partial charge in [-0.05, 0) is 30.4 Å². The van der Waals surface area contributed by atoms with Gasteiger partial charge in [0, 0.05) is 0 Å². The zero-order valence-corrected chi connectivity index (χ0v) is 7.23. The first kappa shape index (κ1) is 8.30. The maximum Gasteiger partial charge on any atom is 0.311 e. The first-order valence-corrected chi connectivity index (χ1v) is 4.43. The number of hydrogen-bond acceptors (Lipinski definition) is 1. The van der Waals surface area contributed by atoms with Crippen molar-refractivity contribution in [2.75, 3.05) is 0 Å². The van der Waals surface area contributed by atoms with Crippen molar-refractivity contribution in [2.24, 2.45) is 0 Å². The number of aryl methyl sites for hydroxylation is 1. The lowest BCUT2D eigenvalue weighted by Gasteiger charge is -2.21. The smallest absolute Gasteiger partial charge is 0.311 e. The van der Waals surface area contributed by atoms with Gasteiger partial charge in [-0.1, -0.05) is 24.3 Å². The SMILES string of the molecule is O=C(O)C1[CH]CCc2ccccc21. The molecule has 0 saturated carbocycles. The van der Waals surface area contributed by atoms with Gasteiger partial charge in [-0.25, -0.2) is 0 Å². The molecule has 1 aromatic rings. The Morgan fingerprint density at radius 3 is 2.92 bits per heavy atom. The third-order valence-electron chi connectivity index (χ3n) is 2.47. The van der Waals surface area contributed by atoms with Crippen molar-refractivity contribution < 1.29 is 9.90 Å². The number of hydrogen-bond donors (Lipinski definition) is 1. The van der Waals surface area contributed by atoms with Crippen molar-refractivity contribution in [3.63, 3.8) is 0 Å². The lowest BCUT2D eigenvalue weighted by atomic mass is 9.83. The van der Waals surface area contributed by atoms with Gasteiger partial charge in [-0.3, -0.25) is 4.79 Å². The maximum atomic E-state index is 10.9. The summed E-state index contributed by atoms with van der Waals surface area (Å²) in [6, 6.07) is 7.78. The summed E-state index contributed by atoms with van der Waals surface area (Å²) in [5.74, 6) is -1.14. The van der Waals surface area contributed by atoms with Gasteiger partial charge in [0.1, 0.15) is 0 Å². The van der Waals surface area contributed by atoms with Crippen LogP contribution in [0.4, 0.5) is 0 Å². The lowest BCUT2D eigenvalue weighted by Crippen LogP contribution is -2.18. The average molecular weight is 175 g/mol. The number of aliphatic carboxylic acids is 1. The van der Waals surface area contributed by atoms with Crippen LogP contribution in [0.2, 0.25) is 0 Å². The summed E-state index contributed by atoms with van der Waals surface area (Å²) < 4.78 is 0. The summed E-state index contributed by atoms with van der Waals surface area (Å²) in [6.07, 6.45) is 3.72. The van der Waals surface area contributed by atoms with Gasteiger partial charge < -0.3 is 5.11 Å². The van der Waals surface area contributed by atoms with E-state index < -0.39 is 11.9 Å². The van der Waals surface area contributed by atoms with Gasteiger partial charge in [0.2, 0.25) is 0 Å². The van der Waals surface area contributed by atoms with Crippen LogP contribution in [0, 0.1) is 6.42 Å². The molecule has 1 radical (unpaired) electrons. The van der Waals surface area contributed by atoms with Gasteiger partial charge in [0.25, 0.3) is 0 Å². The van der Waals surface area contributed by atoms with Crippen molar-refractivity contribution in [3.05, 3.63) is 41.8 Å². The Labute approximate surface area is 77.2 Å². The normalized spacial score (nSPS) is 20.8. The Morgan fingerprint density at radius 1 is 1.38 bits per heavy atom. The summed E-state index contributed by atoms with van der Waals surface area (Å²) in [5.41, 5.74) is 2.14. The molecule has 0 heterocycles. The van der Waals surface area contributed by atoms with Crippen LogP contribution in [0.5, 0.6) is 0 Å². The molecule has 1 unspecified atom stereocenters. The molecule has 2 nitrogen and oxygen atoms in total. The van der Waals surface area contributed by atoms with Crippen molar-refractivity contribution in [2.45, 2.75) is 18.8 Å². The Morgan fingerprint density at radius 2 is 2.15 bits per heavy atom. The molecule has 1 atom stereocenters. The number of benzene rings is 1. The molecule has 1 aromatic carbocycles. The number of carbonyl (C=O) groups is 1. The van der Waals surface area contributed by atoms with Crippen LogP contribution in [-0.4, -0.2) is 11.1 Å². The van der Waals surface area contributed by atoms with Crippen LogP contribution in [0.1, 0.15) is 23.5 Å². The third-order valence-corrected chi connectivity index (χ3v) is 2.47. The molecule has 0 bridgehead atoms. The predicted molar refractivity (Wildman–Crippen MR) is 49.4 cm³/mol. The molecule has 0 aliphatic heterocycles. The standard InChI is InChI=1S/C11H11O2/c12-11(13)10-7-3-5-8-4-1-2-6-9(8)10/h1-2,4,6-7,10H,3,5H2,(H,12,13). The van der Waals surface area contributed by atoms with E-state index in [9.17, 15) is 4.79 Å². The molecule has 0 aromatic heterocycles. The fourth-order valence-electron chi connectivity index (χ4n) is 1.83. The quantitative estimate of drug-likeness (QED) is 0.708. The highest BCUT2D eigenvalue weighted by Gasteiger charge is 2.25. The molecule has 0 spiro atoms. The van der Waals surface area contributed by atoms with Crippen molar-refractivity contribution >= 4 is 5.97 Å². The molecule has 1 N–H and O–H groups in total. The van der Waals surface area contributed by atoms with Gasteiger partial charge >= 0.3 is 5.97 Å². The van der Waals surface area contributed by atoms with Crippen LogP contribution < -0.4 is 0 Å². The first-order chi connectivity index (χ1) is 6.29. The highest BCUT2D eigenvalue weighted by Crippen LogP contribution is 2.30. The Bertz CT molecular complexity index is 331. The molecule has 13 heavy (non-hydrogen) atoms. The Hall–Kier alpha value is -1.31. The largest absolute Gasteiger partial charge is 0.481 e. The molecule has 2 rings (SSSR count). The number of carboxylic acid groups (broad SMARTS) is 1. The Balaban J connectivity index is 2.42. The summed E-state index contributed by atoms with van der Waals surface area (Å²) in [5, 5.41) is 8.95. The fraction of sp³-hybridized carbons (Fsp3) is 0.273. The highest BCUT2D eigenvalue weighted by atomic mass is 16.4. The van der Waals surface area contributed by atoms with E-state index >= 15 is 0 Å². The first-order valence-electron chi connectivity index (χ1n) is 4.43. The van der Waals surface area contributed by atoms with E-state index in [0.29, 0.717) is 0 Å². The molecule has 0 saturated heterocycles. The summed E-state index contributed by atoms with van der Waals surface area (Å²) >= 11 is 0. The molecule has 67 valence electrons. The molecule has 1 aliphatic rings. The topological polar surface area (TPSA) is 37.3 Å². The molecule has 0 fully saturated rings. The second-order valence-electron chi connectivity index (χ2n) is 3.29. The Kier molecular flexibility index (Phi) is 2.05. The van der Waals surface area contributed by atoms with E-state index in [-0.39, 0.29) is 0 Å². The fourth-order valence-corrected chi connectivity index (χ4v) is 1.83. The molecular formula is C11H11O2. The summed E-state index contributed by atoms with van der Waals surface area (Å²) in [7, 11) is 0. The van der Waals surface area contributed by atoms with Crippen LogP contribution in [0.15, 0.2) is 24.3 Å². The summed E-state index contributed by atoms with van der Waals surface area (Å²) in [6.45, 7) is 0. The average Bonchev–Trinajstić information content (AvgIpc) is 2.17. The van der Waals surface area contributed by atoms with Crippen LogP contribution in [0.25, 0.3) is 0 Å². The van der Waals surface area contributed by atoms with E-state index in [1.54, 1.807) is 0 Å². The van der Waals surface area contributed by atoms with Gasteiger partial charge in [0.05, 0.1) is 5.92 Å². The van der Waals surface area contributed by atoms with Crippen LogP contribution in [0.3, 0.4) is 0 Å². The van der Waals surface area contributed by atoms with Crippen molar-refractivity contribution in [3.8, 4) is 0 Å². The van der Waals surface area contributed by atoms with E-state index in [1.165, 1.54) is 5.56 Å². The van der Waals surface area contributed by atoms with Gasteiger partial charge in [-0.2, -0.15) is 0 Å². The molecular weight excluding hydrogens is 164 g/mol. The highest BCUT2D eigenvalue weighted by molar-refractivity contribution is 5.78. The second kappa shape index (κ2) is 3.21. The number of rotatable bonds is 1. The zero-order valence-electron chi connectivity index (χ0n) is 7.23. The minimum atomic E-state index is -0.743. The van der Waals surface area contributed by atoms with E-state index in [4.69, 9.17) is 5.11 Å².